The zero-order valence-corrected chi connectivity index (χ0v) is 16.9. The van der Waals surface area contributed by atoms with Gasteiger partial charge in [-0.15, -0.1) is 0 Å². The Morgan fingerprint density at radius 1 is 1.30 bits per heavy atom. The number of nitrogens with one attached hydrogen (secondary N) is 1. The Labute approximate surface area is 162 Å². The summed E-state index contributed by atoms with van der Waals surface area (Å²) in [5, 5.41) is 7.51. The highest BCUT2D eigenvalue weighted by Gasteiger charge is 2.27. The molecule has 3 heterocycles. The summed E-state index contributed by atoms with van der Waals surface area (Å²) < 4.78 is 1.72. The van der Waals surface area contributed by atoms with E-state index in [1.165, 1.54) is 25.9 Å². The Hall–Kier alpha value is -2.09. The Kier molecular flexibility index (Phi) is 6.71. The summed E-state index contributed by atoms with van der Waals surface area (Å²) in [5.74, 6) is 1.79. The summed E-state index contributed by atoms with van der Waals surface area (Å²) in [6.07, 6.45) is 6.20. The second-order valence-electron chi connectivity index (χ2n) is 7.60. The van der Waals surface area contributed by atoms with Crippen LogP contribution in [0.2, 0.25) is 0 Å². The number of carbonyl (C=O) groups is 1. The highest BCUT2D eigenvalue weighted by Crippen LogP contribution is 2.17. The van der Waals surface area contributed by atoms with Gasteiger partial charge < -0.3 is 20.0 Å². The first-order valence-electron chi connectivity index (χ1n) is 10.1. The number of anilines is 1. The average Bonchev–Trinajstić information content (AvgIpc) is 3.08. The van der Waals surface area contributed by atoms with Gasteiger partial charge in [0.05, 0.1) is 18.4 Å². The minimum Gasteiger partial charge on any atom is -0.357 e. The van der Waals surface area contributed by atoms with Crippen molar-refractivity contribution in [2.24, 2.45) is 18.0 Å². The molecule has 2 fully saturated rings. The van der Waals surface area contributed by atoms with Crippen molar-refractivity contribution in [2.45, 2.75) is 26.7 Å². The molecule has 0 atom stereocenters. The van der Waals surface area contributed by atoms with Crippen molar-refractivity contribution >= 4 is 17.6 Å². The molecule has 0 bridgehead atoms. The zero-order chi connectivity index (χ0) is 19.2. The van der Waals surface area contributed by atoms with Crippen molar-refractivity contribution in [2.75, 3.05) is 57.3 Å². The molecule has 0 aliphatic carbocycles. The molecule has 1 N–H and O–H groups in total. The van der Waals surface area contributed by atoms with Gasteiger partial charge in [-0.1, -0.05) is 6.92 Å². The van der Waals surface area contributed by atoms with Crippen molar-refractivity contribution < 1.29 is 4.79 Å². The second kappa shape index (κ2) is 9.21. The molecule has 27 heavy (non-hydrogen) atoms. The molecule has 1 aromatic rings. The van der Waals surface area contributed by atoms with Gasteiger partial charge in [0.25, 0.3) is 0 Å². The quantitative estimate of drug-likeness (QED) is 0.608. The Morgan fingerprint density at radius 2 is 2.07 bits per heavy atom. The molecule has 3 rings (SSSR count). The van der Waals surface area contributed by atoms with E-state index in [9.17, 15) is 4.79 Å². The van der Waals surface area contributed by atoms with E-state index in [1.807, 2.05) is 18.1 Å². The minimum absolute atomic E-state index is 0.0878. The lowest BCUT2D eigenvalue weighted by atomic mass is 9.99. The fourth-order valence-corrected chi connectivity index (χ4v) is 3.68. The molecule has 2 aliphatic heterocycles. The summed E-state index contributed by atoms with van der Waals surface area (Å²) in [7, 11) is 1.86. The molecule has 0 radical (unpaired) electrons. The number of aryl methyl sites for hydroxylation is 1. The number of aliphatic imine (C=N–C) groups is 1. The highest BCUT2D eigenvalue weighted by atomic mass is 16.2. The van der Waals surface area contributed by atoms with Crippen LogP contribution in [0.4, 0.5) is 5.69 Å². The number of carbonyl (C=O) groups excluding carboxylic acids is 1. The summed E-state index contributed by atoms with van der Waals surface area (Å²) in [6, 6.07) is 0. The van der Waals surface area contributed by atoms with Gasteiger partial charge in [-0.25, -0.2) is 0 Å². The third-order valence-corrected chi connectivity index (χ3v) is 5.41. The van der Waals surface area contributed by atoms with Crippen LogP contribution in [-0.4, -0.2) is 83.8 Å². The number of piperazine rings is 1. The largest absolute Gasteiger partial charge is 0.357 e. The van der Waals surface area contributed by atoms with Crippen LogP contribution in [0.3, 0.4) is 0 Å². The number of guanidine groups is 1. The van der Waals surface area contributed by atoms with Crippen LogP contribution in [0.1, 0.15) is 26.7 Å². The predicted molar refractivity (Wildman–Crippen MR) is 108 cm³/mol. The fraction of sp³-hybridized carbons (Fsp3) is 0.737. The summed E-state index contributed by atoms with van der Waals surface area (Å²) in [5.41, 5.74) is 0.864. The third-order valence-electron chi connectivity index (χ3n) is 5.41. The van der Waals surface area contributed by atoms with Gasteiger partial charge in [0, 0.05) is 39.4 Å². The van der Waals surface area contributed by atoms with Crippen LogP contribution in [0, 0.1) is 5.92 Å². The highest BCUT2D eigenvalue weighted by molar-refractivity contribution is 5.98. The maximum Gasteiger partial charge on any atom is 0.246 e. The number of hydrogen-bond acceptors (Lipinski definition) is 4. The Bertz CT molecular complexity index is 648. The van der Waals surface area contributed by atoms with Gasteiger partial charge in [-0.3, -0.25) is 14.5 Å². The topological polar surface area (TPSA) is 69.0 Å². The maximum absolute atomic E-state index is 12.6. The number of rotatable bonds is 5. The second-order valence-corrected chi connectivity index (χ2v) is 7.60. The van der Waals surface area contributed by atoms with E-state index in [2.05, 4.69) is 34.1 Å². The first-order chi connectivity index (χ1) is 13.1. The number of nitrogens with zero attached hydrogens (tertiary/aromatic N) is 6. The van der Waals surface area contributed by atoms with Crippen LogP contribution in [0.25, 0.3) is 0 Å². The van der Waals surface area contributed by atoms with Gasteiger partial charge in [0.15, 0.2) is 5.96 Å². The summed E-state index contributed by atoms with van der Waals surface area (Å²) in [4.78, 5) is 23.8. The Balaban J connectivity index is 1.54. The molecule has 1 amide bonds. The smallest absolute Gasteiger partial charge is 0.246 e. The lowest BCUT2D eigenvalue weighted by Gasteiger charge is -2.35. The molecular formula is C19H33N7O. The lowest BCUT2D eigenvalue weighted by Crippen LogP contribution is -2.55. The average molecular weight is 376 g/mol. The molecule has 8 nitrogen and oxygen atoms in total. The molecule has 150 valence electrons. The molecule has 1 aromatic heterocycles. The van der Waals surface area contributed by atoms with Crippen molar-refractivity contribution in [3.63, 3.8) is 0 Å². The maximum atomic E-state index is 12.6. The molecular weight excluding hydrogens is 342 g/mol. The number of amides is 1. The molecule has 2 aliphatic rings. The fourth-order valence-electron chi connectivity index (χ4n) is 3.68. The summed E-state index contributed by atoms with van der Waals surface area (Å²) >= 11 is 0. The van der Waals surface area contributed by atoms with E-state index in [0.29, 0.717) is 13.1 Å². The lowest BCUT2D eigenvalue weighted by molar-refractivity contribution is -0.120. The van der Waals surface area contributed by atoms with E-state index in [0.717, 1.165) is 43.7 Å². The van der Waals surface area contributed by atoms with Crippen molar-refractivity contribution in [3.05, 3.63) is 12.4 Å². The number of aromatic nitrogens is 2. The van der Waals surface area contributed by atoms with E-state index in [-0.39, 0.29) is 5.91 Å². The number of hydrogen-bond donors (Lipinski definition) is 1. The molecule has 0 saturated carbocycles. The Morgan fingerprint density at radius 3 is 2.70 bits per heavy atom. The van der Waals surface area contributed by atoms with Crippen molar-refractivity contribution in [1.29, 1.82) is 0 Å². The molecule has 8 heteroatoms. The molecule has 0 unspecified atom stereocenters. The third kappa shape index (κ3) is 5.22. The first-order valence-corrected chi connectivity index (χ1v) is 10.1. The van der Waals surface area contributed by atoms with Crippen molar-refractivity contribution in [3.8, 4) is 0 Å². The first kappa shape index (κ1) is 19.7. The standard InChI is InChI=1S/C19H33N7O/c1-4-20-19(21-7-10-24-8-5-16(2)6-9-24)25-11-12-26(18(27)15-25)17-13-22-23(3)14-17/h13-14,16H,4-12,15H2,1-3H3,(H,20,21). The van der Waals surface area contributed by atoms with E-state index < -0.39 is 0 Å². The van der Waals surface area contributed by atoms with Gasteiger partial charge in [0.1, 0.15) is 6.54 Å². The van der Waals surface area contributed by atoms with Gasteiger partial charge >= 0.3 is 0 Å². The van der Waals surface area contributed by atoms with Crippen LogP contribution in [0.5, 0.6) is 0 Å². The SMILES string of the molecule is CCNC(=NCCN1CCC(C)CC1)N1CCN(c2cnn(C)c2)C(=O)C1. The normalized spacial score (nSPS) is 20.4. The minimum atomic E-state index is 0.0878. The molecule has 0 spiro atoms. The summed E-state index contributed by atoms with van der Waals surface area (Å²) in [6.45, 7) is 11.1. The van der Waals surface area contributed by atoms with Gasteiger partial charge in [-0.05, 0) is 38.8 Å². The van der Waals surface area contributed by atoms with Crippen LogP contribution in [-0.2, 0) is 11.8 Å². The van der Waals surface area contributed by atoms with Crippen molar-refractivity contribution in [1.82, 2.24) is 24.9 Å². The van der Waals surface area contributed by atoms with Crippen LogP contribution < -0.4 is 10.2 Å². The van der Waals surface area contributed by atoms with E-state index in [1.54, 1.807) is 10.9 Å². The number of likely N-dealkylation sites (tertiary alicyclic amines) is 1. The molecule has 2 saturated heterocycles. The monoisotopic (exact) mass is 375 g/mol. The van der Waals surface area contributed by atoms with Crippen LogP contribution in [0.15, 0.2) is 17.4 Å². The van der Waals surface area contributed by atoms with E-state index in [4.69, 9.17) is 4.99 Å². The zero-order valence-electron chi connectivity index (χ0n) is 16.9. The van der Waals surface area contributed by atoms with Gasteiger partial charge in [0.2, 0.25) is 5.91 Å². The number of piperidine rings is 1. The molecule has 0 aromatic carbocycles. The predicted octanol–water partition coefficient (Wildman–Crippen LogP) is 0.766. The van der Waals surface area contributed by atoms with Crippen LogP contribution >= 0.6 is 0 Å². The van der Waals surface area contributed by atoms with Gasteiger partial charge in [-0.2, -0.15) is 5.10 Å². The van der Waals surface area contributed by atoms with E-state index >= 15 is 0 Å².